The Bertz CT molecular complexity index is 368. The highest BCUT2D eigenvalue weighted by Crippen LogP contribution is 2.21. The highest BCUT2D eigenvalue weighted by Gasteiger charge is 2.21. The molecule has 118 valence electrons. The van der Waals surface area contributed by atoms with Crippen molar-refractivity contribution in [2.45, 2.75) is 52.0 Å². The molecule has 0 spiro atoms. The standard InChI is InChI=1S/C19H32N2/c1-3-12-20-19(4-2)16-21-13-10-18(11-14-21)15-17-8-6-5-7-9-17/h5-9,18-20H,3-4,10-16H2,1-2H3. The van der Waals surface area contributed by atoms with Crippen LogP contribution in [0.2, 0.25) is 0 Å². The molecule has 1 aromatic carbocycles. The van der Waals surface area contributed by atoms with Crippen LogP contribution in [-0.2, 0) is 6.42 Å². The third-order valence-corrected chi connectivity index (χ3v) is 4.73. The topological polar surface area (TPSA) is 15.3 Å². The van der Waals surface area contributed by atoms with Gasteiger partial charge in [-0.2, -0.15) is 0 Å². The minimum Gasteiger partial charge on any atom is -0.313 e. The maximum atomic E-state index is 3.68. The molecule has 21 heavy (non-hydrogen) atoms. The molecule has 0 aromatic heterocycles. The molecule has 0 radical (unpaired) electrons. The van der Waals surface area contributed by atoms with Crippen LogP contribution in [0.25, 0.3) is 0 Å². The highest BCUT2D eigenvalue weighted by molar-refractivity contribution is 5.15. The Hall–Kier alpha value is -0.860. The second kappa shape index (κ2) is 9.22. The molecule has 1 aliphatic heterocycles. The van der Waals surface area contributed by atoms with Gasteiger partial charge in [-0.05, 0) is 63.2 Å². The molecule has 2 heteroatoms. The van der Waals surface area contributed by atoms with Crippen LogP contribution >= 0.6 is 0 Å². The van der Waals surface area contributed by atoms with E-state index in [1.54, 1.807) is 0 Å². The Labute approximate surface area is 130 Å². The summed E-state index contributed by atoms with van der Waals surface area (Å²) in [5.74, 6) is 0.882. The number of hydrogen-bond donors (Lipinski definition) is 1. The number of piperidine rings is 1. The minimum absolute atomic E-state index is 0.677. The number of nitrogens with zero attached hydrogens (tertiary/aromatic N) is 1. The van der Waals surface area contributed by atoms with E-state index in [9.17, 15) is 0 Å². The summed E-state index contributed by atoms with van der Waals surface area (Å²) in [4.78, 5) is 2.66. The average molecular weight is 288 g/mol. The fourth-order valence-electron chi connectivity index (χ4n) is 3.32. The number of rotatable bonds is 8. The Balaban J connectivity index is 1.70. The second-order valence-corrected chi connectivity index (χ2v) is 6.49. The normalized spacial score (nSPS) is 18.8. The fraction of sp³-hybridized carbons (Fsp3) is 0.684. The molecule has 0 bridgehead atoms. The molecule has 2 rings (SSSR count). The van der Waals surface area contributed by atoms with Gasteiger partial charge in [-0.1, -0.05) is 44.2 Å². The van der Waals surface area contributed by atoms with E-state index in [1.807, 2.05) is 0 Å². The monoisotopic (exact) mass is 288 g/mol. The van der Waals surface area contributed by atoms with E-state index in [2.05, 4.69) is 54.4 Å². The van der Waals surface area contributed by atoms with Gasteiger partial charge in [0.15, 0.2) is 0 Å². The molecule has 0 amide bonds. The Morgan fingerprint density at radius 1 is 1.14 bits per heavy atom. The molecule has 1 N–H and O–H groups in total. The number of hydrogen-bond acceptors (Lipinski definition) is 2. The zero-order valence-corrected chi connectivity index (χ0v) is 13.9. The molecular weight excluding hydrogens is 256 g/mol. The van der Waals surface area contributed by atoms with Crippen LogP contribution in [0, 0.1) is 5.92 Å². The quantitative estimate of drug-likeness (QED) is 0.784. The number of nitrogens with one attached hydrogen (secondary N) is 1. The summed E-state index contributed by atoms with van der Waals surface area (Å²) in [7, 11) is 0. The molecule has 1 heterocycles. The molecule has 1 aliphatic rings. The van der Waals surface area contributed by atoms with Crippen molar-refractivity contribution in [2.24, 2.45) is 5.92 Å². The van der Waals surface area contributed by atoms with Gasteiger partial charge >= 0.3 is 0 Å². The van der Waals surface area contributed by atoms with Crippen LogP contribution in [-0.4, -0.2) is 37.1 Å². The molecule has 1 unspecified atom stereocenters. The lowest BCUT2D eigenvalue weighted by Gasteiger charge is -2.34. The van der Waals surface area contributed by atoms with Gasteiger partial charge in [0.25, 0.3) is 0 Å². The van der Waals surface area contributed by atoms with E-state index < -0.39 is 0 Å². The van der Waals surface area contributed by atoms with Crippen LogP contribution < -0.4 is 5.32 Å². The van der Waals surface area contributed by atoms with Gasteiger partial charge in [0.05, 0.1) is 0 Å². The van der Waals surface area contributed by atoms with E-state index in [-0.39, 0.29) is 0 Å². The van der Waals surface area contributed by atoms with Gasteiger partial charge in [0.2, 0.25) is 0 Å². The van der Waals surface area contributed by atoms with E-state index in [1.165, 1.54) is 57.3 Å². The highest BCUT2D eigenvalue weighted by atomic mass is 15.2. The smallest absolute Gasteiger partial charge is 0.0192 e. The Morgan fingerprint density at radius 2 is 1.86 bits per heavy atom. The van der Waals surface area contributed by atoms with Crippen molar-refractivity contribution in [1.82, 2.24) is 10.2 Å². The second-order valence-electron chi connectivity index (χ2n) is 6.49. The third kappa shape index (κ3) is 5.80. The Kier molecular flexibility index (Phi) is 7.25. The van der Waals surface area contributed by atoms with Crippen molar-refractivity contribution in [3.05, 3.63) is 35.9 Å². The van der Waals surface area contributed by atoms with E-state index in [4.69, 9.17) is 0 Å². The molecule has 0 saturated carbocycles. The lowest BCUT2D eigenvalue weighted by Crippen LogP contribution is -2.44. The summed E-state index contributed by atoms with van der Waals surface area (Å²) in [5, 5.41) is 3.68. The van der Waals surface area contributed by atoms with Crippen LogP contribution in [0.5, 0.6) is 0 Å². The SMILES string of the molecule is CCCNC(CC)CN1CCC(Cc2ccccc2)CC1. The van der Waals surface area contributed by atoms with Crippen molar-refractivity contribution < 1.29 is 0 Å². The van der Waals surface area contributed by atoms with Crippen LogP contribution in [0.4, 0.5) is 0 Å². The molecular formula is C19H32N2. The summed E-state index contributed by atoms with van der Waals surface area (Å²) in [5.41, 5.74) is 1.51. The van der Waals surface area contributed by atoms with Crippen molar-refractivity contribution in [3.63, 3.8) is 0 Å². The predicted molar refractivity (Wildman–Crippen MR) is 91.7 cm³/mol. The maximum Gasteiger partial charge on any atom is 0.0192 e. The van der Waals surface area contributed by atoms with Crippen LogP contribution in [0.3, 0.4) is 0 Å². The van der Waals surface area contributed by atoms with Crippen LogP contribution in [0.1, 0.15) is 45.1 Å². The summed E-state index contributed by atoms with van der Waals surface area (Å²) >= 11 is 0. The van der Waals surface area contributed by atoms with Crippen molar-refractivity contribution in [2.75, 3.05) is 26.2 Å². The zero-order chi connectivity index (χ0) is 14.9. The predicted octanol–water partition coefficient (Wildman–Crippen LogP) is 3.72. The first kappa shape index (κ1) is 16.5. The molecule has 1 fully saturated rings. The summed E-state index contributed by atoms with van der Waals surface area (Å²) in [6, 6.07) is 11.7. The minimum atomic E-state index is 0.677. The van der Waals surface area contributed by atoms with Crippen molar-refractivity contribution in [3.8, 4) is 0 Å². The van der Waals surface area contributed by atoms with Crippen molar-refractivity contribution in [1.29, 1.82) is 0 Å². The van der Waals surface area contributed by atoms with E-state index in [0.29, 0.717) is 6.04 Å². The first-order valence-electron chi connectivity index (χ1n) is 8.81. The molecule has 1 atom stereocenters. The third-order valence-electron chi connectivity index (χ3n) is 4.73. The maximum absolute atomic E-state index is 3.68. The summed E-state index contributed by atoms with van der Waals surface area (Å²) in [6.45, 7) is 9.49. The summed E-state index contributed by atoms with van der Waals surface area (Å²) in [6.07, 6.45) is 6.46. The first-order chi connectivity index (χ1) is 10.3. The van der Waals surface area contributed by atoms with Gasteiger partial charge in [0, 0.05) is 12.6 Å². The fourth-order valence-corrected chi connectivity index (χ4v) is 3.32. The molecule has 0 aliphatic carbocycles. The zero-order valence-electron chi connectivity index (χ0n) is 13.9. The number of likely N-dealkylation sites (tertiary alicyclic amines) is 1. The van der Waals surface area contributed by atoms with Gasteiger partial charge in [-0.15, -0.1) is 0 Å². The van der Waals surface area contributed by atoms with E-state index in [0.717, 1.165) is 12.5 Å². The lowest BCUT2D eigenvalue weighted by atomic mass is 9.90. The largest absolute Gasteiger partial charge is 0.313 e. The average Bonchev–Trinajstić information content (AvgIpc) is 2.54. The molecule has 1 aromatic rings. The number of benzene rings is 1. The summed E-state index contributed by atoms with van der Waals surface area (Å²) < 4.78 is 0. The molecule has 2 nitrogen and oxygen atoms in total. The van der Waals surface area contributed by atoms with Gasteiger partial charge in [-0.3, -0.25) is 0 Å². The first-order valence-corrected chi connectivity index (χ1v) is 8.81. The van der Waals surface area contributed by atoms with Crippen molar-refractivity contribution >= 4 is 0 Å². The van der Waals surface area contributed by atoms with Gasteiger partial charge in [0.1, 0.15) is 0 Å². The lowest BCUT2D eigenvalue weighted by molar-refractivity contribution is 0.166. The van der Waals surface area contributed by atoms with Gasteiger partial charge < -0.3 is 10.2 Å². The Morgan fingerprint density at radius 3 is 2.48 bits per heavy atom. The molecule has 1 saturated heterocycles. The van der Waals surface area contributed by atoms with Gasteiger partial charge in [-0.25, -0.2) is 0 Å². The van der Waals surface area contributed by atoms with Crippen LogP contribution in [0.15, 0.2) is 30.3 Å². The van der Waals surface area contributed by atoms with E-state index >= 15 is 0 Å².